The molecule has 2 heterocycles. The Bertz CT molecular complexity index is 1130. The summed E-state index contributed by atoms with van der Waals surface area (Å²) in [6, 6.07) is -0.0219. The molecule has 0 bridgehead atoms. The minimum Gasteiger partial charge on any atom is -0.346 e. The first kappa shape index (κ1) is 37.4. The highest BCUT2D eigenvalue weighted by Crippen LogP contribution is 2.26. The van der Waals surface area contributed by atoms with Crippen molar-refractivity contribution in [3.63, 3.8) is 0 Å². The Morgan fingerprint density at radius 3 is 2.26 bits per heavy atom. The number of likely N-dealkylation sites (tertiary alicyclic amines) is 1. The van der Waals surface area contributed by atoms with Gasteiger partial charge < -0.3 is 31.9 Å². The number of urea groups is 1. The first-order chi connectivity index (χ1) is 20.1. The number of carbonyl (C=O) groups is 6. The van der Waals surface area contributed by atoms with Gasteiger partial charge in [0.05, 0.1) is 10.9 Å². The third-order valence-corrected chi connectivity index (χ3v) is 7.32. The van der Waals surface area contributed by atoms with E-state index in [2.05, 4.69) is 41.7 Å². The van der Waals surface area contributed by atoms with E-state index in [0.717, 1.165) is 0 Å². The molecule has 1 aromatic rings. The van der Waals surface area contributed by atoms with Gasteiger partial charge in [-0.1, -0.05) is 67.0 Å². The van der Waals surface area contributed by atoms with Crippen molar-refractivity contribution in [3.05, 3.63) is 35.0 Å². The quantitative estimate of drug-likeness (QED) is 0.103. The number of thiophene rings is 1. The van der Waals surface area contributed by atoms with E-state index >= 15 is 0 Å². The maximum absolute atomic E-state index is 13.7. The zero-order chi connectivity index (χ0) is 32.9. The van der Waals surface area contributed by atoms with Crippen LogP contribution in [0.3, 0.4) is 0 Å². The number of nitrogens with zero attached hydrogens (tertiary/aromatic N) is 1. The average molecular weight is 621 g/mol. The molecular weight excluding hydrogens is 572 g/mol. The molecule has 5 amide bonds. The fourth-order valence-electron chi connectivity index (χ4n) is 4.25. The van der Waals surface area contributed by atoms with Gasteiger partial charge in [-0.25, -0.2) is 4.79 Å². The molecule has 0 spiro atoms. The highest BCUT2D eigenvalue weighted by atomic mass is 32.1. The molecule has 1 aromatic heterocycles. The summed E-state index contributed by atoms with van der Waals surface area (Å²) in [5.41, 5.74) is 4.99. The lowest BCUT2D eigenvalue weighted by molar-refractivity contribution is -0.143. The van der Waals surface area contributed by atoms with Crippen LogP contribution in [0.25, 0.3) is 0 Å². The summed E-state index contributed by atoms with van der Waals surface area (Å²) < 4.78 is 0. The third-order valence-electron chi connectivity index (χ3n) is 6.44. The number of Topliss-reactive ketones (excluding diaryl/α,β-unsaturated/α-hetero) is 2. The molecule has 4 atom stereocenters. The lowest BCUT2D eigenvalue weighted by atomic mass is 9.85. The lowest BCUT2D eigenvalue weighted by Crippen LogP contribution is -2.61. The number of amides is 5. The maximum Gasteiger partial charge on any atom is 0.316 e. The first-order valence-corrected chi connectivity index (χ1v) is 15.4. The standard InChI is InChI=1S/C27H40N6O6S.C3H8/c1-7-12-29-24(37)20(35)22(28)32-23(36)16-10-8-13-33(16)25(38)21(27(4,5)6)31-26(39)30-18(15(2)3)19(34)17-11-9-14-40-17;1-3-2/h7,9,11,14-16,18,21-22H,1,8,10,12-13,28H2,2-6H3,(H,29,37)(H,32,36)(H2,30,31,39);3H2,1-2H3/t16-,18?,21?,22?;/m0./s1. The molecule has 12 nitrogen and oxygen atoms in total. The van der Waals surface area contributed by atoms with Crippen molar-refractivity contribution in [1.29, 1.82) is 0 Å². The van der Waals surface area contributed by atoms with Crippen LogP contribution in [0.1, 0.15) is 77.4 Å². The molecule has 2 rings (SSSR count). The van der Waals surface area contributed by atoms with Crippen LogP contribution in [-0.4, -0.2) is 77.6 Å². The van der Waals surface area contributed by atoms with E-state index in [1.165, 1.54) is 28.7 Å². The molecule has 1 saturated heterocycles. The van der Waals surface area contributed by atoms with E-state index < -0.39 is 59.2 Å². The number of nitrogens with two attached hydrogens (primary N) is 1. The van der Waals surface area contributed by atoms with Crippen LogP contribution < -0.4 is 27.0 Å². The monoisotopic (exact) mass is 620 g/mol. The summed E-state index contributed by atoms with van der Waals surface area (Å²) in [4.78, 5) is 78.6. The van der Waals surface area contributed by atoms with Crippen LogP contribution in [0.4, 0.5) is 4.79 Å². The van der Waals surface area contributed by atoms with Crippen LogP contribution in [-0.2, 0) is 19.2 Å². The first-order valence-electron chi connectivity index (χ1n) is 14.5. The van der Waals surface area contributed by atoms with Gasteiger partial charge in [0.1, 0.15) is 18.2 Å². The van der Waals surface area contributed by atoms with Crippen molar-refractivity contribution in [2.75, 3.05) is 13.1 Å². The van der Waals surface area contributed by atoms with Crippen molar-refractivity contribution in [3.8, 4) is 0 Å². The second kappa shape index (κ2) is 17.5. The number of ketones is 2. The van der Waals surface area contributed by atoms with E-state index in [-0.39, 0.29) is 24.8 Å². The second-order valence-electron chi connectivity index (χ2n) is 11.7. The molecule has 0 aromatic carbocycles. The van der Waals surface area contributed by atoms with Gasteiger partial charge in [-0.05, 0) is 35.6 Å². The van der Waals surface area contributed by atoms with Crippen LogP contribution >= 0.6 is 11.3 Å². The van der Waals surface area contributed by atoms with Crippen molar-refractivity contribution >= 4 is 46.7 Å². The predicted octanol–water partition coefficient (Wildman–Crippen LogP) is 2.35. The third kappa shape index (κ3) is 11.2. The van der Waals surface area contributed by atoms with E-state index in [1.807, 2.05) is 13.8 Å². The van der Waals surface area contributed by atoms with E-state index in [9.17, 15) is 28.8 Å². The molecule has 6 N–H and O–H groups in total. The molecule has 3 unspecified atom stereocenters. The molecule has 0 saturated carbocycles. The SMILES string of the molecule is C=CCNC(=O)C(=O)C(N)NC(=O)[C@@H]1CCCN1C(=O)C(NC(=O)NC(C(=O)c1cccs1)C(C)C)C(C)(C)C.CCC. The normalized spacial score (nSPS) is 16.6. The smallest absolute Gasteiger partial charge is 0.316 e. The van der Waals surface area contributed by atoms with Crippen molar-refractivity contribution in [1.82, 2.24) is 26.2 Å². The molecule has 0 aliphatic carbocycles. The van der Waals surface area contributed by atoms with E-state index in [0.29, 0.717) is 17.7 Å². The van der Waals surface area contributed by atoms with Crippen molar-refractivity contribution in [2.45, 2.75) is 92.0 Å². The summed E-state index contributed by atoms with van der Waals surface area (Å²) in [5.74, 6) is -3.60. The largest absolute Gasteiger partial charge is 0.346 e. The van der Waals surface area contributed by atoms with Gasteiger partial charge in [0.2, 0.25) is 11.8 Å². The lowest BCUT2D eigenvalue weighted by Gasteiger charge is -2.36. The molecule has 1 aliphatic heterocycles. The average Bonchev–Trinajstić information content (AvgIpc) is 3.65. The Labute approximate surface area is 258 Å². The van der Waals surface area contributed by atoms with Gasteiger partial charge in [-0.3, -0.25) is 24.0 Å². The van der Waals surface area contributed by atoms with Gasteiger partial charge in [0.15, 0.2) is 5.78 Å². The highest BCUT2D eigenvalue weighted by Gasteiger charge is 2.43. The highest BCUT2D eigenvalue weighted by molar-refractivity contribution is 7.12. The number of rotatable bonds is 12. The zero-order valence-electron chi connectivity index (χ0n) is 26.3. The molecule has 1 aliphatic rings. The number of carbonyl (C=O) groups excluding carboxylic acids is 6. The minimum atomic E-state index is -1.59. The molecular formula is C30H48N6O6S. The number of hydrogen-bond acceptors (Lipinski definition) is 8. The van der Waals surface area contributed by atoms with Crippen LogP contribution in [0, 0.1) is 11.3 Å². The maximum atomic E-state index is 13.7. The molecule has 1 fully saturated rings. The summed E-state index contributed by atoms with van der Waals surface area (Å²) in [6.07, 6.45) is 1.88. The van der Waals surface area contributed by atoms with Crippen LogP contribution in [0.2, 0.25) is 0 Å². The molecule has 43 heavy (non-hydrogen) atoms. The molecule has 13 heteroatoms. The summed E-state index contributed by atoms with van der Waals surface area (Å²) >= 11 is 1.28. The Kier molecular flexibility index (Phi) is 15.3. The topological polar surface area (TPSA) is 180 Å². The molecule has 0 radical (unpaired) electrons. The Balaban J connectivity index is 0.00000295. The van der Waals surface area contributed by atoms with Gasteiger partial charge in [-0.2, -0.15) is 0 Å². The van der Waals surface area contributed by atoms with Gasteiger partial charge in [0, 0.05) is 13.1 Å². The number of nitrogens with one attached hydrogen (secondary N) is 4. The Hall–Kier alpha value is -3.58. The second-order valence-corrected chi connectivity index (χ2v) is 12.7. The predicted molar refractivity (Wildman–Crippen MR) is 167 cm³/mol. The minimum absolute atomic E-state index is 0.0605. The Morgan fingerprint density at radius 2 is 1.74 bits per heavy atom. The summed E-state index contributed by atoms with van der Waals surface area (Å²) in [7, 11) is 0. The van der Waals surface area contributed by atoms with E-state index in [1.54, 1.807) is 38.3 Å². The van der Waals surface area contributed by atoms with Gasteiger partial charge >= 0.3 is 6.03 Å². The number of hydrogen-bond donors (Lipinski definition) is 5. The van der Waals surface area contributed by atoms with Crippen LogP contribution in [0.15, 0.2) is 30.2 Å². The fraction of sp³-hybridized carbons (Fsp3) is 0.600. The summed E-state index contributed by atoms with van der Waals surface area (Å²) in [6.45, 7) is 16.9. The van der Waals surface area contributed by atoms with Gasteiger partial charge in [-0.15, -0.1) is 17.9 Å². The van der Waals surface area contributed by atoms with Gasteiger partial charge in [0.25, 0.3) is 11.7 Å². The van der Waals surface area contributed by atoms with Crippen LogP contribution in [0.5, 0.6) is 0 Å². The van der Waals surface area contributed by atoms with Crippen molar-refractivity contribution < 1.29 is 28.8 Å². The fourth-order valence-corrected chi connectivity index (χ4v) is 4.95. The molecule has 240 valence electrons. The van der Waals surface area contributed by atoms with Crippen molar-refractivity contribution in [2.24, 2.45) is 17.1 Å². The Morgan fingerprint density at radius 1 is 1.12 bits per heavy atom. The zero-order valence-corrected chi connectivity index (χ0v) is 27.1. The van der Waals surface area contributed by atoms with E-state index in [4.69, 9.17) is 5.73 Å². The summed E-state index contributed by atoms with van der Waals surface area (Å²) in [5, 5.41) is 11.8.